The summed E-state index contributed by atoms with van der Waals surface area (Å²) in [6, 6.07) is 16.7. The van der Waals surface area contributed by atoms with E-state index in [4.69, 9.17) is 27.9 Å². The molecule has 0 spiro atoms. The van der Waals surface area contributed by atoms with Gasteiger partial charge in [0.05, 0.1) is 11.2 Å². The fourth-order valence-corrected chi connectivity index (χ4v) is 3.62. The fraction of sp³-hybridized carbons (Fsp3) is 0.200. The highest BCUT2D eigenvalue weighted by Gasteiger charge is 2.12. The lowest BCUT2D eigenvalue weighted by Crippen LogP contribution is -2.22. The Bertz CT molecular complexity index is 1130. The SMILES string of the molecule is CCN(CC)c1ccc(/C=N\NC(=O)c2cccc(Cl)c2)c(OCc2c(F)cccc2Cl)c1. The Morgan fingerprint density at radius 2 is 1.85 bits per heavy atom. The number of benzene rings is 3. The van der Waals surface area contributed by atoms with Crippen molar-refractivity contribution < 1.29 is 13.9 Å². The fourth-order valence-electron chi connectivity index (χ4n) is 3.22. The molecular formula is C25H24Cl2FN3O2. The summed E-state index contributed by atoms with van der Waals surface area (Å²) >= 11 is 12.1. The Morgan fingerprint density at radius 3 is 2.55 bits per heavy atom. The van der Waals surface area contributed by atoms with Gasteiger partial charge in [-0.2, -0.15) is 5.10 Å². The molecule has 3 aromatic carbocycles. The molecule has 1 amide bonds. The maximum absolute atomic E-state index is 14.2. The summed E-state index contributed by atoms with van der Waals surface area (Å²) in [6.07, 6.45) is 1.48. The molecular weight excluding hydrogens is 464 g/mol. The number of nitrogens with zero attached hydrogens (tertiary/aromatic N) is 2. The normalized spacial score (nSPS) is 10.9. The highest BCUT2D eigenvalue weighted by atomic mass is 35.5. The molecule has 0 heterocycles. The third-order valence-corrected chi connectivity index (χ3v) is 5.61. The topological polar surface area (TPSA) is 53.9 Å². The molecule has 5 nitrogen and oxygen atoms in total. The van der Waals surface area contributed by atoms with Crippen molar-refractivity contribution in [3.8, 4) is 5.75 Å². The summed E-state index contributed by atoms with van der Waals surface area (Å²) in [7, 11) is 0. The first-order valence-corrected chi connectivity index (χ1v) is 11.2. The average molecular weight is 488 g/mol. The lowest BCUT2D eigenvalue weighted by atomic mass is 10.1. The number of nitrogens with one attached hydrogen (secondary N) is 1. The molecule has 0 fully saturated rings. The van der Waals surface area contributed by atoms with Crippen LogP contribution in [0.5, 0.6) is 5.75 Å². The van der Waals surface area contributed by atoms with E-state index in [0.717, 1.165) is 18.8 Å². The highest BCUT2D eigenvalue weighted by molar-refractivity contribution is 6.31. The summed E-state index contributed by atoms with van der Waals surface area (Å²) < 4.78 is 20.1. The molecule has 1 N–H and O–H groups in total. The van der Waals surface area contributed by atoms with Crippen LogP contribution in [0.2, 0.25) is 10.0 Å². The van der Waals surface area contributed by atoms with E-state index in [1.807, 2.05) is 18.2 Å². The standard InChI is InChI=1S/C25H24Cl2FN3O2/c1-3-31(4-2)20-12-11-18(15-29-30-25(32)17-7-5-8-19(26)13-17)24(14-20)33-16-21-22(27)9-6-10-23(21)28/h5-15H,3-4,16H2,1-2H3,(H,30,32)/b29-15-. The Kier molecular flexibility index (Phi) is 8.69. The second kappa shape index (κ2) is 11.7. The molecule has 33 heavy (non-hydrogen) atoms. The van der Waals surface area contributed by atoms with Crippen molar-refractivity contribution in [2.75, 3.05) is 18.0 Å². The summed E-state index contributed by atoms with van der Waals surface area (Å²) in [5.41, 5.74) is 4.71. The van der Waals surface area contributed by atoms with E-state index in [1.54, 1.807) is 36.4 Å². The minimum atomic E-state index is -0.439. The lowest BCUT2D eigenvalue weighted by molar-refractivity contribution is 0.0955. The Balaban J connectivity index is 1.83. The van der Waals surface area contributed by atoms with Crippen molar-refractivity contribution in [2.24, 2.45) is 5.10 Å². The van der Waals surface area contributed by atoms with Crippen molar-refractivity contribution in [2.45, 2.75) is 20.5 Å². The van der Waals surface area contributed by atoms with Crippen LogP contribution in [0.3, 0.4) is 0 Å². The molecule has 0 saturated carbocycles. The van der Waals surface area contributed by atoms with Crippen LogP contribution in [0.1, 0.15) is 35.3 Å². The third-order valence-electron chi connectivity index (χ3n) is 5.02. The van der Waals surface area contributed by atoms with Crippen LogP contribution in [-0.2, 0) is 6.61 Å². The second-order valence-electron chi connectivity index (χ2n) is 7.09. The molecule has 3 rings (SSSR count). The van der Waals surface area contributed by atoms with Gasteiger partial charge in [-0.1, -0.05) is 35.3 Å². The largest absolute Gasteiger partial charge is 0.488 e. The van der Waals surface area contributed by atoms with Crippen LogP contribution < -0.4 is 15.1 Å². The number of hydrazone groups is 1. The molecule has 0 unspecified atom stereocenters. The first-order valence-electron chi connectivity index (χ1n) is 10.5. The molecule has 8 heteroatoms. The molecule has 0 aliphatic heterocycles. The zero-order valence-corrected chi connectivity index (χ0v) is 19.8. The van der Waals surface area contributed by atoms with Gasteiger partial charge in [0.2, 0.25) is 0 Å². The highest BCUT2D eigenvalue weighted by Crippen LogP contribution is 2.27. The predicted molar refractivity (Wildman–Crippen MR) is 132 cm³/mol. The lowest BCUT2D eigenvalue weighted by Gasteiger charge is -2.22. The van der Waals surface area contributed by atoms with Crippen LogP contribution in [-0.4, -0.2) is 25.2 Å². The van der Waals surface area contributed by atoms with Crippen LogP contribution in [0.4, 0.5) is 10.1 Å². The van der Waals surface area contributed by atoms with Gasteiger partial charge in [0, 0.05) is 46.6 Å². The maximum atomic E-state index is 14.2. The first-order chi connectivity index (χ1) is 15.9. The predicted octanol–water partition coefficient (Wildman–Crippen LogP) is 6.32. The first kappa shape index (κ1) is 24.6. The number of hydrogen-bond acceptors (Lipinski definition) is 4. The number of rotatable bonds is 9. The second-order valence-corrected chi connectivity index (χ2v) is 7.94. The van der Waals surface area contributed by atoms with Crippen molar-refractivity contribution >= 4 is 41.0 Å². The number of hydrogen-bond donors (Lipinski definition) is 1. The Labute approximate surface area is 202 Å². The van der Waals surface area contributed by atoms with Gasteiger partial charge in [0.25, 0.3) is 5.91 Å². The van der Waals surface area contributed by atoms with Gasteiger partial charge in [-0.3, -0.25) is 4.79 Å². The van der Waals surface area contributed by atoms with E-state index >= 15 is 0 Å². The minimum Gasteiger partial charge on any atom is -0.488 e. The summed E-state index contributed by atoms with van der Waals surface area (Å²) in [5.74, 6) is -0.347. The van der Waals surface area contributed by atoms with E-state index in [1.165, 1.54) is 12.3 Å². The van der Waals surface area contributed by atoms with E-state index in [9.17, 15) is 9.18 Å². The molecule has 0 aliphatic carbocycles. The number of carbonyl (C=O) groups is 1. The van der Waals surface area contributed by atoms with Gasteiger partial charge in [-0.05, 0) is 56.3 Å². The minimum absolute atomic E-state index is 0.0527. The number of ether oxygens (including phenoxy) is 1. The van der Waals surface area contributed by atoms with Gasteiger partial charge in [-0.25, -0.2) is 9.82 Å². The van der Waals surface area contributed by atoms with Crippen molar-refractivity contribution in [1.29, 1.82) is 0 Å². The summed E-state index contributed by atoms with van der Waals surface area (Å²) in [6.45, 7) is 5.70. The molecule has 3 aromatic rings. The smallest absolute Gasteiger partial charge is 0.271 e. The van der Waals surface area contributed by atoms with E-state index in [0.29, 0.717) is 26.9 Å². The Morgan fingerprint density at radius 1 is 1.09 bits per heavy atom. The number of carbonyl (C=O) groups excluding carboxylic acids is 1. The third kappa shape index (κ3) is 6.46. The number of amides is 1. The molecule has 172 valence electrons. The van der Waals surface area contributed by atoms with Gasteiger partial charge in [0.1, 0.15) is 18.2 Å². The van der Waals surface area contributed by atoms with Gasteiger partial charge in [0.15, 0.2) is 0 Å². The average Bonchev–Trinajstić information content (AvgIpc) is 2.80. The molecule has 0 aromatic heterocycles. The van der Waals surface area contributed by atoms with E-state index < -0.39 is 11.7 Å². The molecule has 0 radical (unpaired) electrons. The van der Waals surface area contributed by atoms with Gasteiger partial charge >= 0.3 is 0 Å². The number of anilines is 1. The summed E-state index contributed by atoms with van der Waals surface area (Å²) in [5, 5.41) is 4.80. The van der Waals surface area contributed by atoms with Crippen molar-refractivity contribution in [3.63, 3.8) is 0 Å². The zero-order chi connectivity index (χ0) is 23.8. The molecule has 0 atom stereocenters. The molecule has 0 bridgehead atoms. The molecule has 0 aliphatic rings. The quantitative estimate of drug-likeness (QED) is 0.283. The van der Waals surface area contributed by atoms with Crippen LogP contribution in [0, 0.1) is 5.82 Å². The summed E-state index contributed by atoms with van der Waals surface area (Å²) in [4.78, 5) is 14.5. The Hall–Kier alpha value is -3.09. The van der Waals surface area contributed by atoms with Gasteiger partial charge < -0.3 is 9.64 Å². The van der Waals surface area contributed by atoms with Gasteiger partial charge in [-0.15, -0.1) is 0 Å². The van der Waals surface area contributed by atoms with Crippen LogP contribution >= 0.6 is 23.2 Å². The molecule has 0 saturated heterocycles. The van der Waals surface area contributed by atoms with Crippen LogP contribution in [0.15, 0.2) is 65.8 Å². The van der Waals surface area contributed by atoms with Crippen LogP contribution in [0.25, 0.3) is 0 Å². The van der Waals surface area contributed by atoms with E-state index in [2.05, 4.69) is 29.3 Å². The number of halogens is 3. The maximum Gasteiger partial charge on any atom is 0.271 e. The monoisotopic (exact) mass is 487 g/mol. The van der Waals surface area contributed by atoms with Crippen molar-refractivity contribution in [3.05, 3.63) is 93.2 Å². The van der Waals surface area contributed by atoms with E-state index in [-0.39, 0.29) is 12.2 Å². The zero-order valence-electron chi connectivity index (χ0n) is 18.3. The van der Waals surface area contributed by atoms with Crippen molar-refractivity contribution in [1.82, 2.24) is 5.43 Å².